The second kappa shape index (κ2) is 21.8. The summed E-state index contributed by atoms with van der Waals surface area (Å²) >= 11 is 0. The molecule has 0 aliphatic carbocycles. The number of amides is 1. The van der Waals surface area contributed by atoms with E-state index in [0.29, 0.717) is 26.1 Å². The van der Waals surface area contributed by atoms with Crippen LogP contribution in [0.25, 0.3) is 0 Å². The molecule has 0 aliphatic rings. The largest absolute Gasteiger partial charge is 0.469 e. The summed E-state index contributed by atoms with van der Waals surface area (Å²) < 4.78 is 15.0. The van der Waals surface area contributed by atoms with Crippen LogP contribution in [0.1, 0.15) is 106 Å². The summed E-state index contributed by atoms with van der Waals surface area (Å²) in [5, 5.41) is 0. The third-order valence-electron chi connectivity index (χ3n) is 4.53. The molecule has 0 rings (SSSR count). The number of rotatable bonds is 16. The SMILES string of the molecule is CC.CCOC(=O)/C=C/CCCCCN(CCCCCCCC(=O)OC)C(=O)OC(C)(C)C. The van der Waals surface area contributed by atoms with Crippen molar-refractivity contribution in [1.29, 1.82) is 0 Å². The lowest BCUT2D eigenvalue weighted by Gasteiger charge is -2.27. The topological polar surface area (TPSA) is 82.1 Å². The van der Waals surface area contributed by atoms with Gasteiger partial charge in [0.15, 0.2) is 0 Å². The number of unbranched alkanes of at least 4 members (excludes halogenated alkanes) is 7. The van der Waals surface area contributed by atoms with Crippen molar-refractivity contribution in [3.63, 3.8) is 0 Å². The van der Waals surface area contributed by atoms with Gasteiger partial charge in [0.1, 0.15) is 5.60 Å². The third kappa shape index (κ3) is 22.9. The zero-order valence-corrected chi connectivity index (χ0v) is 22.2. The average Bonchev–Trinajstić information content (AvgIpc) is 2.76. The standard InChI is InChI=1S/C24H43NO6.C2H6/c1-6-30-22(27)18-14-10-8-12-16-20-25(23(28)31-24(2,3)4)19-15-11-7-9-13-17-21(26)29-5;1-2/h14,18H,6-13,15-17,19-20H2,1-5H3;1-2H3/b18-14+;. The summed E-state index contributed by atoms with van der Waals surface area (Å²) in [7, 11) is 1.41. The van der Waals surface area contributed by atoms with Crippen LogP contribution in [0.5, 0.6) is 0 Å². The molecule has 7 nitrogen and oxygen atoms in total. The molecular formula is C26H49NO6. The van der Waals surface area contributed by atoms with E-state index in [4.69, 9.17) is 9.47 Å². The van der Waals surface area contributed by atoms with Crippen LogP contribution < -0.4 is 0 Å². The quantitative estimate of drug-likeness (QED) is 0.111. The lowest BCUT2D eigenvalue weighted by atomic mass is 10.1. The number of allylic oxidation sites excluding steroid dienone is 1. The summed E-state index contributed by atoms with van der Waals surface area (Å²) in [6.07, 6.45) is 11.9. The van der Waals surface area contributed by atoms with Crippen molar-refractivity contribution in [2.24, 2.45) is 0 Å². The minimum atomic E-state index is -0.513. The highest BCUT2D eigenvalue weighted by atomic mass is 16.6. The van der Waals surface area contributed by atoms with Crippen molar-refractivity contribution in [3.8, 4) is 0 Å². The van der Waals surface area contributed by atoms with Gasteiger partial charge in [-0.3, -0.25) is 4.79 Å². The van der Waals surface area contributed by atoms with E-state index in [0.717, 1.165) is 57.8 Å². The first-order valence-electron chi connectivity index (χ1n) is 12.6. The van der Waals surface area contributed by atoms with Crippen LogP contribution in [-0.4, -0.2) is 55.3 Å². The normalized spacial score (nSPS) is 10.9. The Morgan fingerprint density at radius 3 is 1.94 bits per heavy atom. The number of carbonyl (C=O) groups excluding carboxylic acids is 3. The Labute approximate surface area is 202 Å². The Bertz CT molecular complexity index is 539. The lowest BCUT2D eigenvalue weighted by Crippen LogP contribution is -2.38. The molecule has 0 unspecified atom stereocenters. The van der Waals surface area contributed by atoms with Gasteiger partial charge in [-0.15, -0.1) is 0 Å². The Morgan fingerprint density at radius 2 is 1.39 bits per heavy atom. The molecular weight excluding hydrogens is 422 g/mol. The minimum Gasteiger partial charge on any atom is -0.469 e. The van der Waals surface area contributed by atoms with Gasteiger partial charge in [0.25, 0.3) is 0 Å². The fourth-order valence-electron chi connectivity index (χ4n) is 2.94. The summed E-state index contributed by atoms with van der Waals surface area (Å²) in [4.78, 5) is 36.7. The number of hydrogen-bond donors (Lipinski definition) is 0. The number of carbonyl (C=O) groups is 3. The molecule has 0 saturated carbocycles. The molecule has 0 spiro atoms. The Balaban J connectivity index is 0. The average molecular weight is 472 g/mol. The van der Waals surface area contributed by atoms with Crippen molar-refractivity contribution >= 4 is 18.0 Å². The second-order valence-corrected chi connectivity index (χ2v) is 8.57. The van der Waals surface area contributed by atoms with E-state index in [9.17, 15) is 14.4 Å². The molecule has 0 atom stereocenters. The highest BCUT2D eigenvalue weighted by Gasteiger charge is 2.21. The number of ether oxygens (including phenoxy) is 3. The molecule has 0 bridgehead atoms. The van der Waals surface area contributed by atoms with Crippen LogP contribution in [0.3, 0.4) is 0 Å². The van der Waals surface area contributed by atoms with Crippen LogP contribution in [0.15, 0.2) is 12.2 Å². The van der Waals surface area contributed by atoms with E-state index >= 15 is 0 Å². The summed E-state index contributed by atoms with van der Waals surface area (Å²) in [6, 6.07) is 0. The van der Waals surface area contributed by atoms with Crippen LogP contribution in [0.2, 0.25) is 0 Å². The molecule has 1 amide bonds. The Morgan fingerprint density at radius 1 is 0.848 bits per heavy atom. The van der Waals surface area contributed by atoms with Crippen LogP contribution in [0.4, 0.5) is 4.79 Å². The van der Waals surface area contributed by atoms with Gasteiger partial charge < -0.3 is 19.1 Å². The molecule has 0 aromatic heterocycles. The number of methoxy groups -OCH3 is 1. The first-order chi connectivity index (χ1) is 15.7. The lowest BCUT2D eigenvalue weighted by molar-refractivity contribution is -0.140. The Hall–Kier alpha value is -2.05. The molecule has 0 aromatic rings. The van der Waals surface area contributed by atoms with Crippen LogP contribution >= 0.6 is 0 Å². The van der Waals surface area contributed by atoms with Gasteiger partial charge in [-0.1, -0.05) is 45.6 Å². The smallest absolute Gasteiger partial charge is 0.410 e. The second-order valence-electron chi connectivity index (χ2n) is 8.57. The molecule has 0 saturated heterocycles. The summed E-state index contributed by atoms with van der Waals surface area (Å²) in [5.41, 5.74) is -0.513. The third-order valence-corrected chi connectivity index (χ3v) is 4.53. The van der Waals surface area contributed by atoms with Gasteiger partial charge in [-0.05, 0) is 59.8 Å². The molecule has 7 heteroatoms. The van der Waals surface area contributed by atoms with E-state index < -0.39 is 5.60 Å². The van der Waals surface area contributed by atoms with Crippen LogP contribution in [0, 0.1) is 0 Å². The minimum absolute atomic E-state index is 0.160. The maximum atomic E-state index is 12.5. The first-order valence-corrected chi connectivity index (χ1v) is 12.6. The number of esters is 2. The predicted molar refractivity (Wildman–Crippen MR) is 133 cm³/mol. The van der Waals surface area contributed by atoms with Crippen molar-refractivity contribution in [3.05, 3.63) is 12.2 Å². The van der Waals surface area contributed by atoms with E-state index in [-0.39, 0.29) is 18.0 Å². The highest BCUT2D eigenvalue weighted by molar-refractivity contribution is 5.81. The van der Waals surface area contributed by atoms with Gasteiger partial charge >= 0.3 is 18.0 Å². The number of hydrogen-bond acceptors (Lipinski definition) is 6. The molecule has 33 heavy (non-hydrogen) atoms. The van der Waals surface area contributed by atoms with E-state index in [1.807, 2.05) is 40.7 Å². The van der Waals surface area contributed by atoms with Crippen molar-refractivity contribution in [1.82, 2.24) is 4.90 Å². The van der Waals surface area contributed by atoms with E-state index in [1.54, 1.807) is 11.8 Å². The molecule has 194 valence electrons. The Kier molecular flexibility index (Phi) is 21.9. The fraction of sp³-hybridized carbons (Fsp3) is 0.808. The van der Waals surface area contributed by atoms with Gasteiger partial charge in [-0.25, -0.2) is 9.59 Å². The van der Waals surface area contributed by atoms with Crippen molar-refractivity contribution in [2.75, 3.05) is 26.8 Å². The van der Waals surface area contributed by atoms with Gasteiger partial charge in [-0.2, -0.15) is 0 Å². The predicted octanol–water partition coefficient (Wildman–Crippen LogP) is 6.44. The van der Waals surface area contributed by atoms with Gasteiger partial charge in [0.2, 0.25) is 0 Å². The highest BCUT2D eigenvalue weighted by Crippen LogP contribution is 2.13. The molecule has 0 N–H and O–H groups in total. The van der Waals surface area contributed by atoms with E-state index in [2.05, 4.69) is 4.74 Å². The first kappa shape index (κ1) is 33.1. The van der Waals surface area contributed by atoms with Gasteiger partial charge in [0.05, 0.1) is 13.7 Å². The molecule has 0 fully saturated rings. The molecule has 0 aliphatic heterocycles. The number of nitrogens with zero attached hydrogens (tertiary/aromatic N) is 1. The summed E-state index contributed by atoms with van der Waals surface area (Å²) in [5.74, 6) is -0.462. The maximum absolute atomic E-state index is 12.5. The van der Waals surface area contributed by atoms with Crippen molar-refractivity contribution in [2.45, 2.75) is 111 Å². The van der Waals surface area contributed by atoms with Gasteiger partial charge in [0, 0.05) is 25.6 Å². The molecule has 0 heterocycles. The zero-order valence-electron chi connectivity index (χ0n) is 22.2. The summed E-state index contributed by atoms with van der Waals surface area (Å²) in [6.45, 7) is 13.1. The monoisotopic (exact) mass is 471 g/mol. The zero-order chi connectivity index (χ0) is 25.5. The van der Waals surface area contributed by atoms with Crippen LogP contribution in [-0.2, 0) is 23.8 Å². The maximum Gasteiger partial charge on any atom is 0.410 e. The fourth-order valence-corrected chi connectivity index (χ4v) is 2.94. The van der Waals surface area contributed by atoms with Crippen molar-refractivity contribution < 1.29 is 28.6 Å². The molecule has 0 aromatic carbocycles. The molecule has 0 radical (unpaired) electrons. The van der Waals surface area contributed by atoms with E-state index in [1.165, 1.54) is 13.2 Å².